The monoisotopic (exact) mass is 370 g/mol. The third kappa shape index (κ3) is 3.84. The van der Waals surface area contributed by atoms with Crippen molar-refractivity contribution in [3.8, 4) is 0 Å². The Bertz CT molecular complexity index is 838. The van der Waals surface area contributed by atoms with E-state index < -0.39 is 0 Å². The molecular weight excluding hydrogens is 340 g/mol. The number of nitrogens with zero attached hydrogens (tertiary/aromatic N) is 4. The van der Waals surface area contributed by atoms with Gasteiger partial charge in [0, 0.05) is 32.1 Å². The molecule has 2 unspecified atom stereocenters. The van der Waals surface area contributed by atoms with Crippen molar-refractivity contribution < 1.29 is 4.79 Å². The molecule has 6 nitrogen and oxygen atoms in total. The van der Waals surface area contributed by atoms with Crippen LogP contribution in [0.15, 0.2) is 35.1 Å². The van der Waals surface area contributed by atoms with Gasteiger partial charge in [0.15, 0.2) is 0 Å². The molecule has 146 valence electrons. The summed E-state index contributed by atoms with van der Waals surface area (Å²) in [7, 11) is 1.69. The summed E-state index contributed by atoms with van der Waals surface area (Å²) in [5, 5.41) is 4.50. The zero-order valence-electron chi connectivity index (χ0n) is 16.8. The molecule has 1 aliphatic rings. The van der Waals surface area contributed by atoms with Gasteiger partial charge in [0.25, 0.3) is 0 Å². The maximum absolute atomic E-state index is 13.2. The third-order valence-corrected chi connectivity index (χ3v) is 5.51. The number of piperidine rings is 1. The average molecular weight is 370 g/mol. The van der Waals surface area contributed by atoms with Crippen LogP contribution >= 0.6 is 0 Å². The van der Waals surface area contributed by atoms with E-state index in [2.05, 4.69) is 12.0 Å². The number of carbonyl (C=O) groups excluding carboxylic acids is 1. The van der Waals surface area contributed by atoms with Crippen LogP contribution in [0.1, 0.15) is 69.3 Å². The standard InChI is InChI=1S/C21H30N4O2/c1-5-18(16-10-7-6-8-11-16)20(26)24-13-9-12-17(14-24)19-22-23(4)21(27)25(19)15(2)3/h6-8,10-11,15,17-18H,5,9,12-14H2,1-4H3. The molecular formula is C21H30N4O2. The first kappa shape index (κ1) is 19.4. The van der Waals surface area contributed by atoms with Crippen LogP contribution < -0.4 is 5.69 Å². The largest absolute Gasteiger partial charge is 0.345 e. The van der Waals surface area contributed by atoms with Crippen molar-refractivity contribution in [2.24, 2.45) is 7.05 Å². The molecule has 0 N–H and O–H groups in total. The molecule has 0 bridgehead atoms. The van der Waals surface area contributed by atoms with E-state index >= 15 is 0 Å². The van der Waals surface area contributed by atoms with Gasteiger partial charge in [0.2, 0.25) is 5.91 Å². The van der Waals surface area contributed by atoms with Crippen LogP contribution in [-0.4, -0.2) is 38.2 Å². The average Bonchev–Trinajstić information content (AvgIpc) is 2.98. The highest BCUT2D eigenvalue weighted by Crippen LogP contribution is 2.30. The second kappa shape index (κ2) is 8.11. The topological polar surface area (TPSA) is 60.1 Å². The fourth-order valence-corrected chi connectivity index (χ4v) is 4.11. The zero-order valence-corrected chi connectivity index (χ0v) is 16.8. The Morgan fingerprint density at radius 3 is 2.59 bits per heavy atom. The smallest absolute Gasteiger partial charge is 0.341 e. The Morgan fingerprint density at radius 2 is 1.96 bits per heavy atom. The number of amides is 1. The zero-order chi connectivity index (χ0) is 19.6. The van der Waals surface area contributed by atoms with Crippen LogP contribution in [0.2, 0.25) is 0 Å². The quantitative estimate of drug-likeness (QED) is 0.813. The minimum Gasteiger partial charge on any atom is -0.341 e. The van der Waals surface area contributed by atoms with Crippen molar-refractivity contribution in [3.05, 3.63) is 52.2 Å². The maximum Gasteiger partial charge on any atom is 0.345 e. The second-order valence-corrected chi connectivity index (χ2v) is 7.72. The molecule has 2 heterocycles. The first-order chi connectivity index (χ1) is 12.9. The predicted octanol–water partition coefficient (Wildman–Crippen LogP) is 3.06. The van der Waals surface area contributed by atoms with Gasteiger partial charge in [0.1, 0.15) is 5.82 Å². The fraction of sp³-hybridized carbons (Fsp3) is 0.571. The van der Waals surface area contributed by atoms with Gasteiger partial charge in [-0.2, -0.15) is 5.10 Å². The summed E-state index contributed by atoms with van der Waals surface area (Å²) in [6.07, 6.45) is 2.67. The molecule has 1 saturated heterocycles. The number of benzene rings is 1. The van der Waals surface area contributed by atoms with E-state index in [1.54, 1.807) is 11.6 Å². The summed E-state index contributed by atoms with van der Waals surface area (Å²) in [6, 6.07) is 10.1. The molecule has 1 fully saturated rings. The Morgan fingerprint density at radius 1 is 1.26 bits per heavy atom. The van der Waals surface area contributed by atoms with Crippen molar-refractivity contribution in [1.82, 2.24) is 19.2 Å². The van der Waals surface area contributed by atoms with Crippen LogP contribution in [0.3, 0.4) is 0 Å². The van der Waals surface area contributed by atoms with Crippen molar-refractivity contribution in [2.75, 3.05) is 13.1 Å². The minimum atomic E-state index is -0.110. The molecule has 1 aliphatic heterocycles. The van der Waals surface area contributed by atoms with E-state index in [0.717, 1.165) is 37.2 Å². The van der Waals surface area contributed by atoms with E-state index in [0.29, 0.717) is 6.54 Å². The van der Waals surface area contributed by atoms with Gasteiger partial charge in [-0.05, 0) is 38.7 Å². The molecule has 0 saturated carbocycles. The van der Waals surface area contributed by atoms with Gasteiger partial charge in [0.05, 0.1) is 5.92 Å². The highest BCUT2D eigenvalue weighted by molar-refractivity contribution is 5.83. The molecule has 0 aliphatic carbocycles. The van der Waals surface area contributed by atoms with Crippen molar-refractivity contribution >= 4 is 5.91 Å². The normalized spacial score (nSPS) is 18.7. The van der Waals surface area contributed by atoms with Crippen LogP contribution in [0, 0.1) is 0 Å². The molecule has 0 spiro atoms. The van der Waals surface area contributed by atoms with Gasteiger partial charge in [-0.3, -0.25) is 9.36 Å². The first-order valence-electron chi connectivity index (χ1n) is 9.93. The number of aryl methyl sites for hydroxylation is 1. The van der Waals surface area contributed by atoms with Gasteiger partial charge in [-0.15, -0.1) is 0 Å². The Kier molecular flexibility index (Phi) is 5.82. The maximum atomic E-state index is 13.2. The van der Waals surface area contributed by atoms with Crippen LogP contribution in [0.5, 0.6) is 0 Å². The van der Waals surface area contributed by atoms with Crippen molar-refractivity contribution in [2.45, 2.75) is 57.9 Å². The van der Waals surface area contributed by atoms with Gasteiger partial charge in [-0.25, -0.2) is 9.48 Å². The van der Waals surface area contributed by atoms with E-state index in [-0.39, 0.29) is 29.5 Å². The van der Waals surface area contributed by atoms with Crippen LogP contribution in [0.25, 0.3) is 0 Å². The number of rotatable bonds is 5. The minimum absolute atomic E-state index is 0.0555. The lowest BCUT2D eigenvalue weighted by Gasteiger charge is -2.35. The molecule has 3 rings (SSSR count). The molecule has 1 amide bonds. The first-order valence-corrected chi connectivity index (χ1v) is 9.93. The predicted molar refractivity (Wildman–Crippen MR) is 106 cm³/mol. The number of hydrogen-bond acceptors (Lipinski definition) is 3. The Balaban J connectivity index is 1.83. The van der Waals surface area contributed by atoms with Gasteiger partial charge < -0.3 is 4.90 Å². The lowest BCUT2D eigenvalue weighted by Crippen LogP contribution is -2.42. The summed E-state index contributed by atoms with van der Waals surface area (Å²) < 4.78 is 3.18. The van der Waals surface area contributed by atoms with E-state index in [1.165, 1.54) is 4.68 Å². The molecule has 2 aromatic rings. The van der Waals surface area contributed by atoms with Gasteiger partial charge >= 0.3 is 5.69 Å². The second-order valence-electron chi connectivity index (χ2n) is 7.72. The Labute approximate surface area is 160 Å². The highest BCUT2D eigenvalue weighted by Gasteiger charge is 2.32. The number of likely N-dealkylation sites (tertiary alicyclic amines) is 1. The van der Waals surface area contributed by atoms with Crippen LogP contribution in [-0.2, 0) is 11.8 Å². The number of hydrogen-bond donors (Lipinski definition) is 0. The molecule has 0 radical (unpaired) electrons. The van der Waals surface area contributed by atoms with E-state index in [9.17, 15) is 9.59 Å². The van der Waals surface area contributed by atoms with E-state index in [1.807, 2.05) is 49.1 Å². The highest BCUT2D eigenvalue weighted by atomic mass is 16.2. The molecule has 1 aromatic heterocycles. The lowest BCUT2D eigenvalue weighted by atomic mass is 9.91. The molecule has 1 aromatic carbocycles. The SMILES string of the molecule is CCC(C(=O)N1CCCC(c2nn(C)c(=O)n2C(C)C)C1)c1ccccc1. The van der Waals surface area contributed by atoms with Crippen molar-refractivity contribution in [3.63, 3.8) is 0 Å². The summed E-state index contributed by atoms with van der Waals surface area (Å²) in [6.45, 7) is 7.47. The molecule has 2 atom stereocenters. The Hall–Kier alpha value is -2.37. The number of carbonyl (C=O) groups is 1. The summed E-state index contributed by atoms with van der Waals surface area (Å²) in [5.41, 5.74) is 0.989. The van der Waals surface area contributed by atoms with E-state index in [4.69, 9.17) is 0 Å². The molecule has 27 heavy (non-hydrogen) atoms. The summed E-state index contributed by atoms with van der Waals surface area (Å²) in [4.78, 5) is 27.6. The third-order valence-electron chi connectivity index (χ3n) is 5.51. The van der Waals surface area contributed by atoms with Gasteiger partial charge in [-0.1, -0.05) is 37.3 Å². The van der Waals surface area contributed by atoms with Crippen LogP contribution in [0.4, 0.5) is 0 Å². The fourth-order valence-electron chi connectivity index (χ4n) is 4.11. The summed E-state index contributed by atoms with van der Waals surface area (Å²) in [5.74, 6) is 0.985. The number of aromatic nitrogens is 3. The van der Waals surface area contributed by atoms with Crippen molar-refractivity contribution in [1.29, 1.82) is 0 Å². The molecule has 6 heteroatoms. The summed E-state index contributed by atoms with van der Waals surface area (Å²) >= 11 is 0. The lowest BCUT2D eigenvalue weighted by molar-refractivity contribution is -0.134.